The molecule has 23 heavy (non-hydrogen) atoms. The van der Waals surface area contributed by atoms with Crippen LogP contribution in [0.2, 0.25) is 0 Å². The maximum absolute atomic E-state index is 11.8. The Labute approximate surface area is 138 Å². The predicted molar refractivity (Wildman–Crippen MR) is 89.2 cm³/mol. The van der Waals surface area contributed by atoms with Gasteiger partial charge in [0.05, 0.1) is 24.2 Å². The fraction of sp³-hybridized carbons (Fsp3) is 0.588. The van der Waals surface area contributed by atoms with Crippen molar-refractivity contribution in [2.45, 2.75) is 52.7 Å². The van der Waals surface area contributed by atoms with Crippen LogP contribution in [0.1, 0.15) is 41.5 Å². The van der Waals surface area contributed by atoms with Gasteiger partial charge in [-0.05, 0) is 45.3 Å². The van der Waals surface area contributed by atoms with E-state index in [4.69, 9.17) is 18.8 Å². The minimum atomic E-state index is -0.483. The molecular formula is C17H25BO5. The van der Waals surface area contributed by atoms with Crippen molar-refractivity contribution >= 4 is 18.6 Å². The molecule has 1 saturated heterocycles. The Hall–Kier alpha value is -1.53. The lowest BCUT2D eigenvalue weighted by Crippen LogP contribution is -2.41. The first kappa shape index (κ1) is 17.8. The fourth-order valence-electron chi connectivity index (χ4n) is 2.12. The zero-order valence-corrected chi connectivity index (χ0v) is 14.9. The maximum atomic E-state index is 11.8. The summed E-state index contributed by atoms with van der Waals surface area (Å²) in [5, 5.41) is 0. The first-order valence-corrected chi connectivity index (χ1v) is 7.82. The Balaban J connectivity index is 2.25. The van der Waals surface area contributed by atoms with E-state index in [1.54, 1.807) is 26.0 Å². The minimum Gasteiger partial charge on any atom is -0.493 e. The summed E-state index contributed by atoms with van der Waals surface area (Å²) in [6, 6.07) is 5.32. The van der Waals surface area contributed by atoms with Crippen molar-refractivity contribution in [3.8, 4) is 11.5 Å². The van der Waals surface area contributed by atoms with Gasteiger partial charge in [-0.25, -0.2) is 0 Å². The average molecular weight is 320 g/mol. The van der Waals surface area contributed by atoms with Gasteiger partial charge in [0.2, 0.25) is 0 Å². The first-order valence-electron chi connectivity index (χ1n) is 7.82. The number of carbonyl (C=O) groups excluding carboxylic acids is 1. The highest BCUT2D eigenvalue weighted by molar-refractivity contribution is 6.62. The van der Waals surface area contributed by atoms with E-state index in [0.717, 1.165) is 5.46 Å². The van der Waals surface area contributed by atoms with Crippen molar-refractivity contribution in [2.24, 2.45) is 5.92 Å². The average Bonchev–Trinajstić information content (AvgIpc) is 2.67. The molecule has 0 amide bonds. The fourth-order valence-corrected chi connectivity index (χ4v) is 2.12. The highest BCUT2D eigenvalue weighted by atomic mass is 16.7. The number of methoxy groups -OCH3 is 1. The van der Waals surface area contributed by atoms with Gasteiger partial charge in [-0.15, -0.1) is 0 Å². The molecule has 1 aromatic carbocycles. The smallest absolute Gasteiger partial charge is 0.493 e. The van der Waals surface area contributed by atoms with E-state index in [2.05, 4.69) is 0 Å². The van der Waals surface area contributed by atoms with Gasteiger partial charge in [0.15, 0.2) is 11.5 Å². The molecule has 0 bridgehead atoms. The van der Waals surface area contributed by atoms with E-state index in [-0.39, 0.29) is 11.9 Å². The summed E-state index contributed by atoms with van der Waals surface area (Å²) in [5.74, 6) is 0.367. The van der Waals surface area contributed by atoms with Crippen LogP contribution in [-0.4, -0.2) is 31.4 Å². The molecule has 0 spiro atoms. The van der Waals surface area contributed by atoms with Crippen molar-refractivity contribution in [3.05, 3.63) is 18.2 Å². The van der Waals surface area contributed by atoms with Crippen molar-refractivity contribution in [1.29, 1.82) is 0 Å². The SMILES string of the molecule is COc1cc(B2OC(C)(C)C(C)(C)O2)ccc1OC(=O)C(C)C. The molecule has 0 unspecified atom stereocenters. The molecular weight excluding hydrogens is 295 g/mol. The van der Waals surface area contributed by atoms with E-state index in [1.807, 2.05) is 33.8 Å². The minimum absolute atomic E-state index is 0.206. The number of hydrogen-bond acceptors (Lipinski definition) is 5. The van der Waals surface area contributed by atoms with Gasteiger partial charge in [0.1, 0.15) is 0 Å². The van der Waals surface area contributed by atoms with Crippen molar-refractivity contribution < 1.29 is 23.6 Å². The summed E-state index contributed by atoms with van der Waals surface area (Å²) in [6.07, 6.45) is 0. The third kappa shape index (κ3) is 3.53. The molecule has 0 saturated carbocycles. The lowest BCUT2D eigenvalue weighted by atomic mass is 9.79. The van der Waals surface area contributed by atoms with Gasteiger partial charge in [-0.3, -0.25) is 4.79 Å². The zero-order valence-electron chi connectivity index (χ0n) is 14.9. The highest BCUT2D eigenvalue weighted by Gasteiger charge is 2.51. The Morgan fingerprint density at radius 1 is 1.09 bits per heavy atom. The van der Waals surface area contributed by atoms with Crippen LogP contribution in [-0.2, 0) is 14.1 Å². The van der Waals surface area contributed by atoms with Gasteiger partial charge >= 0.3 is 13.1 Å². The third-order valence-electron chi connectivity index (χ3n) is 4.40. The molecule has 5 nitrogen and oxygen atoms in total. The quantitative estimate of drug-likeness (QED) is 0.485. The largest absolute Gasteiger partial charge is 0.494 e. The molecule has 0 atom stereocenters. The van der Waals surface area contributed by atoms with Crippen molar-refractivity contribution in [1.82, 2.24) is 0 Å². The molecule has 1 heterocycles. The second-order valence-corrected chi connectivity index (χ2v) is 7.07. The standard InChI is InChI=1S/C17H25BO5/c1-11(2)15(19)21-13-9-8-12(10-14(13)20-7)18-22-16(3,4)17(5,6)23-18/h8-11H,1-7H3. The van der Waals surface area contributed by atoms with E-state index in [0.29, 0.717) is 11.5 Å². The topological polar surface area (TPSA) is 54.0 Å². The number of ether oxygens (including phenoxy) is 2. The lowest BCUT2D eigenvalue weighted by molar-refractivity contribution is -0.137. The van der Waals surface area contributed by atoms with Crippen LogP contribution in [0.5, 0.6) is 11.5 Å². The molecule has 2 rings (SSSR count). The number of benzene rings is 1. The second-order valence-electron chi connectivity index (χ2n) is 7.07. The molecule has 0 aliphatic carbocycles. The van der Waals surface area contributed by atoms with Crippen LogP contribution in [0.25, 0.3) is 0 Å². The van der Waals surface area contributed by atoms with E-state index in [1.165, 1.54) is 7.11 Å². The second kappa shape index (κ2) is 6.17. The monoisotopic (exact) mass is 320 g/mol. The van der Waals surface area contributed by atoms with Gasteiger partial charge in [0, 0.05) is 0 Å². The summed E-state index contributed by atoms with van der Waals surface area (Å²) in [5.41, 5.74) is 0.00584. The summed E-state index contributed by atoms with van der Waals surface area (Å²) >= 11 is 0. The molecule has 0 radical (unpaired) electrons. The molecule has 0 N–H and O–H groups in total. The first-order chi connectivity index (χ1) is 10.6. The van der Waals surface area contributed by atoms with Crippen LogP contribution < -0.4 is 14.9 Å². The lowest BCUT2D eigenvalue weighted by Gasteiger charge is -2.32. The van der Waals surface area contributed by atoms with Crippen LogP contribution >= 0.6 is 0 Å². The normalized spacial score (nSPS) is 19.0. The molecule has 1 aliphatic heterocycles. The maximum Gasteiger partial charge on any atom is 0.494 e. The molecule has 6 heteroatoms. The Bertz CT molecular complexity index is 579. The number of rotatable bonds is 4. The molecule has 0 aromatic heterocycles. The van der Waals surface area contributed by atoms with Crippen LogP contribution in [0.3, 0.4) is 0 Å². The molecule has 1 aliphatic rings. The van der Waals surface area contributed by atoms with Gasteiger partial charge in [-0.2, -0.15) is 0 Å². The summed E-state index contributed by atoms with van der Waals surface area (Å²) in [6.45, 7) is 11.6. The number of esters is 1. The van der Waals surface area contributed by atoms with Crippen LogP contribution in [0, 0.1) is 5.92 Å². The van der Waals surface area contributed by atoms with Gasteiger partial charge in [-0.1, -0.05) is 19.9 Å². The summed E-state index contributed by atoms with van der Waals surface area (Å²) in [4.78, 5) is 11.8. The summed E-state index contributed by atoms with van der Waals surface area (Å²) < 4.78 is 22.7. The van der Waals surface area contributed by atoms with E-state index >= 15 is 0 Å². The van der Waals surface area contributed by atoms with Gasteiger partial charge < -0.3 is 18.8 Å². The van der Waals surface area contributed by atoms with Crippen LogP contribution in [0.4, 0.5) is 0 Å². The third-order valence-corrected chi connectivity index (χ3v) is 4.40. The van der Waals surface area contributed by atoms with Crippen molar-refractivity contribution in [3.63, 3.8) is 0 Å². The van der Waals surface area contributed by atoms with Gasteiger partial charge in [0.25, 0.3) is 0 Å². The number of hydrogen-bond donors (Lipinski definition) is 0. The molecule has 1 aromatic rings. The van der Waals surface area contributed by atoms with Crippen LogP contribution in [0.15, 0.2) is 18.2 Å². The number of carbonyl (C=O) groups is 1. The Kier molecular flexibility index (Phi) is 4.78. The zero-order chi connectivity index (χ0) is 17.4. The predicted octanol–water partition coefficient (Wildman–Crippen LogP) is 2.56. The Morgan fingerprint density at radius 2 is 1.65 bits per heavy atom. The highest BCUT2D eigenvalue weighted by Crippen LogP contribution is 2.37. The van der Waals surface area contributed by atoms with Crippen molar-refractivity contribution in [2.75, 3.05) is 7.11 Å². The summed E-state index contributed by atoms with van der Waals surface area (Å²) in [7, 11) is 1.06. The van der Waals surface area contributed by atoms with E-state index in [9.17, 15) is 4.79 Å². The van der Waals surface area contributed by atoms with E-state index < -0.39 is 18.3 Å². The molecule has 1 fully saturated rings. The molecule has 126 valence electrons. The Morgan fingerprint density at radius 3 is 2.13 bits per heavy atom.